The van der Waals surface area contributed by atoms with Crippen LogP contribution in [0.15, 0.2) is 22.7 Å². The zero-order chi connectivity index (χ0) is 10.6. The van der Waals surface area contributed by atoms with Crippen LogP contribution in [0.1, 0.15) is 6.92 Å². The summed E-state index contributed by atoms with van der Waals surface area (Å²) in [6.45, 7) is 2.45. The lowest BCUT2D eigenvalue weighted by molar-refractivity contribution is 0.252. The molecule has 4 nitrogen and oxygen atoms in total. The normalized spacial score (nSPS) is 9.57. The van der Waals surface area contributed by atoms with Crippen molar-refractivity contribution in [3.05, 3.63) is 22.7 Å². The second-order valence-electron chi connectivity index (χ2n) is 2.72. The van der Waals surface area contributed by atoms with Gasteiger partial charge in [0, 0.05) is 16.7 Å². The Morgan fingerprint density at radius 2 is 2.29 bits per heavy atom. The monoisotopic (exact) mass is 257 g/mol. The summed E-state index contributed by atoms with van der Waals surface area (Å²) in [5.74, 6) is 0. The Balaban J connectivity index is 2.72. The minimum Gasteiger partial charge on any atom is -0.399 e. The first-order chi connectivity index (χ1) is 6.63. The average Bonchev–Trinajstić information content (AvgIpc) is 2.10. The number of urea groups is 1. The number of hydrogen-bond acceptors (Lipinski definition) is 2. The van der Waals surface area contributed by atoms with Crippen LogP contribution in [0.25, 0.3) is 0 Å². The van der Waals surface area contributed by atoms with Gasteiger partial charge < -0.3 is 16.4 Å². The Bertz CT molecular complexity index is 341. The van der Waals surface area contributed by atoms with Crippen LogP contribution >= 0.6 is 15.9 Å². The zero-order valence-electron chi connectivity index (χ0n) is 7.80. The number of amides is 2. The van der Waals surface area contributed by atoms with Crippen LogP contribution in [0.3, 0.4) is 0 Å². The summed E-state index contributed by atoms with van der Waals surface area (Å²) in [6, 6.07) is 4.99. The molecule has 1 aromatic rings. The first-order valence-corrected chi connectivity index (χ1v) is 5.02. The third kappa shape index (κ3) is 2.92. The van der Waals surface area contributed by atoms with Crippen molar-refractivity contribution in [1.82, 2.24) is 5.32 Å². The summed E-state index contributed by atoms with van der Waals surface area (Å²) in [5.41, 5.74) is 6.91. The molecule has 0 radical (unpaired) electrons. The number of hydrogen-bond donors (Lipinski definition) is 3. The van der Waals surface area contributed by atoms with Crippen LogP contribution in [0, 0.1) is 0 Å². The molecule has 0 unspecified atom stereocenters. The molecule has 0 spiro atoms. The van der Waals surface area contributed by atoms with Crippen molar-refractivity contribution in [3.8, 4) is 0 Å². The lowest BCUT2D eigenvalue weighted by Crippen LogP contribution is -2.28. The minimum absolute atomic E-state index is 0.224. The van der Waals surface area contributed by atoms with Gasteiger partial charge in [0.05, 0.1) is 5.69 Å². The third-order valence-electron chi connectivity index (χ3n) is 1.58. The van der Waals surface area contributed by atoms with Gasteiger partial charge in [-0.25, -0.2) is 4.79 Å². The van der Waals surface area contributed by atoms with Crippen LogP contribution in [-0.2, 0) is 0 Å². The van der Waals surface area contributed by atoms with Crippen molar-refractivity contribution in [2.45, 2.75) is 6.92 Å². The van der Waals surface area contributed by atoms with Gasteiger partial charge in [-0.2, -0.15) is 0 Å². The molecule has 0 fully saturated rings. The predicted molar refractivity (Wildman–Crippen MR) is 61.2 cm³/mol. The van der Waals surface area contributed by atoms with Gasteiger partial charge in [0.15, 0.2) is 0 Å². The van der Waals surface area contributed by atoms with Gasteiger partial charge in [0.25, 0.3) is 0 Å². The molecule has 0 heterocycles. The van der Waals surface area contributed by atoms with Crippen molar-refractivity contribution < 1.29 is 4.79 Å². The summed E-state index contributed by atoms with van der Waals surface area (Å²) in [7, 11) is 0. The molecule has 0 aromatic heterocycles. The van der Waals surface area contributed by atoms with E-state index in [0.717, 1.165) is 4.47 Å². The molecular weight excluding hydrogens is 246 g/mol. The van der Waals surface area contributed by atoms with Crippen molar-refractivity contribution >= 4 is 33.3 Å². The van der Waals surface area contributed by atoms with Crippen molar-refractivity contribution in [2.24, 2.45) is 0 Å². The number of nitrogens with two attached hydrogens (primary N) is 1. The predicted octanol–water partition coefficient (Wildman–Crippen LogP) is 2.17. The lowest BCUT2D eigenvalue weighted by Gasteiger charge is -2.07. The first-order valence-electron chi connectivity index (χ1n) is 4.23. The van der Waals surface area contributed by atoms with E-state index in [0.29, 0.717) is 17.9 Å². The first kappa shape index (κ1) is 10.8. The molecule has 5 heteroatoms. The molecule has 14 heavy (non-hydrogen) atoms. The zero-order valence-corrected chi connectivity index (χ0v) is 9.39. The maximum atomic E-state index is 11.2. The van der Waals surface area contributed by atoms with E-state index < -0.39 is 0 Å². The van der Waals surface area contributed by atoms with E-state index in [9.17, 15) is 4.79 Å². The summed E-state index contributed by atoms with van der Waals surface area (Å²) in [6.07, 6.45) is 0. The quantitative estimate of drug-likeness (QED) is 0.711. The van der Waals surface area contributed by atoms with Crippen molar-refractivity contribution in [3.63, 3.8) is 0 Å². The number of anilines is 2. The van der Waals surface area contributed by atoms with E-state index in [-0.39, 0.29) is 6.03 Å². The Morgan fingerprint density at radius 1 is 1.57 bits per heavy atom. The van der Waals surface area contributed by atoms with Crippen LogP contribution in [0.4, 0.5) is 16.2 Å². The van der Waals surface area contributed by atoms with Gasteiger partial charge in [0.1, 0.15) is 0 Å². The molecule has 0 aliphatic rings. The molecule has 0 aliphatic carbocycles. The van der Waals surface area contributed by atoms with Crippen molar-refractivity contribution in [2.75, 3.05) is 17.6 Å². The van der Waals surface area contributed by atoms with Crippen LogP contribution in [-0.4, -0.2) is 12.6 Å². The molecule has 0 saturated heterocycles. The standard InChI is InChI=1S/C9H12BrN3O/c1-2-12-9(14)13-8-4-3-6(11)5-7(8)10/h3-5H,2,11H2,1H3,(H2,12,13,14). The van der Waals surface area contributed by atoms with Gasteiger partial charge in [-0.1, -0.05) is 0 Å². The van der Waals surface area contributed by atoms with Crippen LogP contribution in [0.2, 0.25) is 0 Å². The van der Waals surface area contributed by atoms with E-state index in [2.05, 4.69) is 26.6 Å². The molecule has 1 aromatic carbocycles. The largest absolute Gasteiger partial charge is 0.399 e. The molecule has 0 bridgehead atoms. The summed E-state index contributed by atoms with van der Waals surface area (Å²) < 4.78 is 0.767. The van der Waals surface area contributed by atoms with Gasteiger partial charge in [-0.15, -0.1) is 0 Å². The highest BCUT2D eigenvalue weighted by molar-refractivity contribution is 9.10. The number of nitrogens with one attached hydrogen (secondary N) is 2. The van der Waals surface area contributed by atoms with E-state index in [1.807, 2.05) is 6.92 Å². The third-order valence-corrected chi connectivity index (χ3v) is 2.23. The second kappa shape index (κ2) is 4.85. The van der Waals surface area contributed by atoms with E-state index in [1.54, 1.807) is 18.2 Å². The molecular formula is C9H12BrN3O. The number of nitrogen functional groups attached to an aromatic ring is 1. The van der Waals surface area contributed by atoms with E-state index >= 15 is 0 Å². The second-order valence-corrected chi connectivity index (χ2v) is 3.58. The fraction of sp³-hybridized carbons (Fsp3) is 0.222. The highest BCUT2D eigenvalue weighted by Gasteiger charge is 2.03. The maximum Gasteiger partial charge on any atom is 0.319 e. The molecule has 1 rings (SSSR count). The lowest BCUT2D eigenvalue weighted by atomic mass is 10.3. The van der Waals surface area contributed by atoms with Gasteiger partial charge >= 0.3 is 6.03 Å². The smallest absolute Gasteiger partial charge is 0.319 e. The number of carbonyl (C=O) groups is 1. The van der Waals surface area contributed by atoms with E-state index in [4.69, 9.17) is 5.73 Å². The van der Waals surface area contributed by atoms with E-state index in [1.165, 1.54) is 0 Å². The molecule has 0 saturated carbocycles. The molecule has 2 amide bonds. The fourth-order valence-corrected chi connectivity index (χ4v) is 1.46. The van der Waals surface area contributed by atoms with Crippen LogP contribution in [0.5, 0.6) is 0 Å². The summed E-state index contributed by atoms with van der Waals surface area (Å²) in [4.78, 5) is 11.2. The van der Waals surface area contributed by atoms with Crippen molar-refractivity contribution in [1.29, 1.82) is 0 Å². The van der Waals surface area contributed by atoms with Gasteiger partial charge in [-0.3, -0.25) is 0 Å². The number of carbonyl (C=O) groups excluding carboxylic acids is 1. The number of halogens is 1. The Labute approximate surface area is 91.0 Å². The Kier molecular flexibility index (Phi) is 3.76. The molecule has 0 atom stereocenters. The summed E-state index contributed by atoms with van der Waals surface area (Å²) in [5, 5.41) is 5.32. The molecule has 76 valence electrons. The highest BCUT2D eigenvalue weighted by Crippen LogP contribution is 2.24. The number of benzene rings is 1. The maximum absolute atomic E-state index is 11.2. The highest BCUT2D eigenvalue weighted by atomic mass is 79.9. The Morgan fingerprint density at radius 3 is 2.86 bits per heavy atom. The van der Waals surface area contributed by atoms with Gasteiger partial charge in [0.2, 0.25) is 0 Å². The van der Waals surface area contributed by atoms with Gasteiger partial charge in [-0.05, 0) is 41.1 Å². The minimum atomic E-state index is -0.224. The fourth-order valence-electron chi connectivity index (χ4n) is 0.960. The topological polar surface area (TPSA) is 67.2 Å². The Hall–Kier alpha value is -1.23. The SMILES string of the molecule is CCNC(=O)Nc1ccc(N)cc1Br. The number of rotatable bonds is 2. The summed E-state index contributed by atoms with van der Waals surface area (Å²) >= 11 is 3.30. The molecule has 0 aliphatic heterocycles. The van der Waals surface area contributed by atoms with Crippen LogP contribution < -0.4 is 16.4 Å². The average molecular weight is 258 g/mol. The molecule has 4 N–H and O–H groups in total.